The van der Waals surface area contributed by atoms with E-state index in [0.29, 0.717) is 46.5 Å². The van der Waals surface area contributed by atoms with Crippen LogP contribution in [0.5, 0.6) is 11.5 Å². The first-order valence-electron chi connectivity index (χ1n) is 36.3. The molecule has 0 radical (unpaired) electrons. The van der Waals surface area contributed by atoms with Crippen molar-refractivity contribution in [2.75, 3.05) is 72.2 Å². The number of hydrogen-bond donors (Lipinski definition) is 10. The molecule has 0 saturated heterocycles. The minimum absolute atomic E-state index is 0. The Hall–Kier alpha value is -6.10. The molecule has 2 rings (SSSR count). The smallest absolute Gasteiger partial charge is 0.239 e. The van der Waals surface area contributed by atoms with E-state index in [2.05, 4.69) is 110 Å². The lowest BCUT2D eigenvalue weighted by Crippen LogP contribution is -2.47. The Kier molecular flexibility index (Phi) is 54.2. The standard InChI is InChI=1S/C60H107N3O7Si2.C7H13N3O3.C6H12N4O3.CH4/c1-47(2)71(48(3)4,49(5)6)69-43-29-25-21-17-13-15-19-23-27-41-67-56-36-31-53(32-37-56)60(63-58(65)40-35-55(64)46-62-59(66)45-61)54-33-38-57(39-34-54)68-42-28-24-20-16-14-18-22-26-30-44-70-72(50(7)8,51(9)10)52(11)12;8-3-7(13)10-4-5(11)1-2-6(9)12;7-1-5(12)10-3-6(13)9-2-4(8)11;/h31-34,36-39,47-52,60H,13-30,35,40-46,61H2,1-12H3,(H,62,66)(H,63,65);1-4,8H2,(H2,9,12)(H,10,13);1-3,7H2,(H2,8,11)(H,9,13)(H,10,12);1H4. The molecule has 25 heteroatoms. The zero-order chi connectivity index (χ0) is 73.9. The van der Waals surface area contributed by atoms with Gasteiger partial charge in [0.15, 0.2) is 28.2 Å². The van der Waals surface area contributed by atoms with Crippen molar-refractivity contribution in [2.45, 2.75) is 271 Å². The average molecular weight is 1430 g/mol. The highest BCUT2D eigenvalue weighted by Gasteiger charge is 2.46. The second kappa shape index (κ2) is 56.5. The number of hydrogen-bond acceptors (Lipinski definition) is 16. The van der Waals surface area contributed by atoms with Crippen LogP contribution in [-0.2, 0) is 52.0 Å². The van der Waals surface area contributed by atoms with Crippen LogP contribution in [0.4, 0.5) is 0 Å². The summed E-state index contributed by atoms with van der Waals surface area (Å²) in [5.41, 5.74) is 30.6. The van der Waals surface area contributed by atoms with Gasteiger partial charge < -0.3 is 73.6 Å². The minimum Gasteiger partial charge on any atom is -0.494 e. The highest BCUT2D eigenvalue weighted by Crippen LogP contribution is 2.43. The largest absolute Gasteiger partial charge is 0.494 e. The maximum absolute atomic E-state index is 13.3. The molecule has 7 amide bonds. The number of nitrogens with one attached hydrogen (secondary N) is 5. The Morgan fingerprint density at radius 1 is 0.343 bits per heavy atom. The van der Waals surface area contributed by atoms with Gasteiger partial charge in [0.1, 0.15) is 11.5 Å². The first-order chi connectivity index (χ1) is 46.5. The molecule has 0 spiro atoms. The molecule has 0 aliphatic rings. The van der Waals surface area contributed by atoms with Crippen LogP contribution in [0.2, 0.25) is 33.2 Å². The van der Waals surface area contributed by atoms with E-state index in [-0.39, 0.29) is 96.4 Å². The lowest BCUT2D eigenvalue weighted by molar-refractivity contribution is -0.126. The third-order valence-corrected chi connectivity index (χ3v) is 29.9. The maximum atomic E-state index is 13.3. The van der Waals surface area contributed by atoms with Crippen LogP contribution in [0.15, 0.2) is 48.5 Å². The highest BCUT2D eigenvalue weighted by molar-refractivity contribution is 6.78. The number of rotatable bonds is 54. The van der Waals surface area contributed by atoms with Crippen molar-refractivity contribution >= 4 is 69.6 Å². The molecule has 0 aliphatic heterocycles. The Labute approximate surface area is 597 Å². The highest BCUT2D eigenvalue weighted by atomic mass is 28.4. The van der Waals surface area contributed by atoms with Gasteiger partial charge in [-0.1, -0.05) is 205 Å². The molecule has 0 bridgehead atoms. The predicted molar refractivity (Wildman–Crippen MR) is 404 cm³/mol. The fraction of sp³-hybridized carbons (Fsp3) is 0.716. The lowest BCUT2D eigenvalue weighted by atomic mass is 9.98. The van der Waals surface area contributed by atoms with E-state index in [1.165, 1.54) is 89.9 Å². The number of primary amides is 2. The monoisotopic (exact) mass is 1430 g/mol. The van der Waals surface area contributed by atoms with Gasteiger partial charge in [-0.25, -0.2) is 0 Å². The summed E-state index contributed by atoms with van der Waals surface area (Å²) in [7, 11) is -3.50. The van der Waals surface area contributed by atoms with Crippen LogP contribution < -0.4 is 64.7 Å². The number of carbonyl (C=O) groups is 9. The third kappa shape index (κ3) is 42.7. The summed E-state index contributed by atoms with van der Waals surface area (Å²) in [5.74, 6) is -2.00. The number of ether oxygens (including phenoxy) is 2. The molecule has 2 aromatic carbocycles. The Morgan fingerprint density at radius 2 is 0.626 bits per heavy atom. The van der Waals surface area contributed by atoms with Crippen LogP contribution >= 0.6 is 0 Å². The van der Waals surface area contributed by atoms with Gasteiger partial charge in [0, 0.05) is 38.9 Å². The number of benzene rings is 2. The number of amides is 7. The topological polar surface area (TPSA) is 381 Å². The van der Waals surface area contributed by atoms with Crippen molar-refractivity contribution in [3.05, 3.63) is 59.7 Å². The van der Waals surface area contributed by atoms with Crippen LogP contribution in [0.3, 0.4) is 0 Å². The van der Waals surface area contributed by atoms with E-state index in [4.69, 9.17) is 47.0 Å². The number of Topliss-reactive ketones (excluding diaryl/α,β-unsaturated/α-hetero) is 2. The molecular weight excluding hydrogens is 1290 g/mol. The fourth-order valence-electron chi connectivity index (χ4n) is 12.6. The molecule has 15 N–H and O–H groups in total. The first kappa shape index (κ1) is 95.0. The SMILES string of the molecule is C.CC(C)[Si](OCCCCCCCCCCCOc1ccc(C(NC(=O)CCC(=O)CNC(=O)CN)c2ccc(OCCCCCCCCCCCO[Si](C(C)C)(C(C)C)C(C)C)cc2)cc1)(C(C)C)C(C)C.NCC(=O)NCC(=O)CCC(N)=O.NCC(=O)NCC(=O)NCC(N)=O. The molecule has 23 nitrogen and oxygen atoms in total. The number of carbonyl (C=O) groups excluding carboxylic acids is 9. The van der Waals surface area contributed by atoms with E-state index in [0.717, 1.165) is 61.5 Å². The summed E-state index contributed by atoms with van der Waals surface area (Å²) in [6.45, 7) is 30.3. The normalized spacial score (nSPS) is 11.4. The van der Waals surface area contributed by atoms with Crippen LogP contribution in [0.1, 0.15) is 249 Å². The second-order valence-electron chi connectivity index (χ2n) is 27.3. The lowest BCUT2D eigenvalue weighted by Gasteiger charge is -2.42. The molecule has 0 saturated carbocycles. The van der Waals surface area contributed by atoms with E-state index >= 15 is 0 Å². The van der Waals surface area contributed by atoms with Crippen molar-refractivity contribution in [1.29, 1.82) is 0 Å². The van der Waals surface area contributed by atoms with Gasteiger partial charge in [0.05, 0.1) is 65.1 Å². The fourth-order valence-corrected chi connectivity index (χ4v) is 23.6. The molecule has 0 aromatic heterocycles. The van der Waals surface area contributed by atoms with Crippen molar-refractivity contribution in [2.24, 2.45) is 28.7 Å². The number of ketones is 2. The molecule has 568 valence electrons. The molecule has 0 aliphatic carbocycles. The Morgan fingerprint density at radius 3 is 0.919 bits per heavy atom. The van der Waals surface area contributed by atoms with Crippen molar-refractivity contribution in [3.63, 3.8) is 0 Å². The molecule has 0 heterocycles. The van der Waals surface area contributed by atoms with Crippen molar-refractivity contribution in [1.82, 2.24) is 26.6 Å². The van der Waals surface area contributed by atoms with Gasteiger partial charge in [-0.05, 0) is 94.3 Å². The van der Waals surface area contributed by atoms with Gasteiger partial charge in [-0.3, -0.25) is 43.2 Å². The zero-order valence-corrected chi connectivity index (χ0v) is 64.2. The van der Waals surface area contributed by atoms with Crippen LogP contribution in [0.25, 0.3) is 0 Å². The summed E-state index contributed by atoms with van der Waals surface area (Å²) < 4.78 is 25.7. The van der Waals surface area contributed by atoms with Crippen LogP contribution in [-0.4, -0.2) is 142 Å². The molecule has 0 unspecified atom stereocenters. The van der Waals surface area contributed by atoms with Crippen molar-refractivity contribution < 1.29 is 61.5 Å². The summed E-state index contributed by atoms with van der Waals surface area (Å²) >= 11 is 0. The summed E-state index contributed by atoms with van der Waals surface area (Å²) in [6.07, 6.45) is 22.1. The molecule has 99 heavy (non-hydrogen) atoms. The summed E-state index contributed by atoms with van der Waals surface area (Å²) in [4.78, 5) is 100. The summed E-state index contributed by atoms with van der Waals surface area (Å²) in [6, 6.07) is 15.4. The van der Waals surface area contributed by atoms with Gasteiger partial charge in [0.2, 0.25) is 41.4 Å². The van der Waals surface area contributed by atoms with Gasteiger partial charge in [-0.2, -0.15) is 0 Å². The predicted octanol–water partition coefficient (Wildman–Crippen LogP) is 10.7. The maximum Gasteiger partial charge on any atom is 0.239 e. The molecule has 0 fully saturated rings. The van der Waals surface area contributed by atoms with E-state index in [1.807, 2.05) is 48.5 Å². The average Bonchev–Trinajstić information content (AvgIpc) is 0.809. The molecular formula is C74H136N10O13Si2. The Bertz CT molecular complexity index is 2370. The van der Waals surface area contributed by atoms with Crippen LogP contribution in [0, 0.1) is 0 Å². The van der Waals surface area contributed by atoms with E-state index in [1.54, 1.807) is 0 Å². The van der Waals surface area contributed by atoms with Crippen molar-refractivity contribution in [3.8, 4) is 11.5 Å². The molecule has 2 aromatic rings. The zero-order valence-electron chi connectivity index (χ0n) is 62.2. The van der Waals surface area contributed by atoms with Gasteiger partial charge in [0.25, 0.3) is 0 Å². The van der Waals surface area contributed by atoms with E-state index < -0.39 is 58.1 Å². The quantitative estimate of drug-likeness (QED) is 0.0217. The minimum atomic E-state index is -1.75. The Balaban J connectivity index is 0. The third-order valence-electron chi connectivity index (χ3n) is 17.7. The number of unbranched alkanes of at least 4 members (excludes halogenated alkanes) is 16. The van der Waals surface area contributed by atoms with Gasteiger partial charge in [-0.15, -0.1) is 0 Å². The number of nitrogens with two attached hydrogens (primary N) is 5. The first-order valence-corrected chi connectivity index (χ1v) is 40.6. The van der Waals surface area contributed by atoms with Gasteiger partial charge >= 0.3 is 0 Å². The second-order valence-corrected chi connectivity index (χ2v) is 38.2. The van der Waals surface area contributed by atoms with E-state index in [9.17, 15) is 43.2 Å². The summed E-state index contributed by atoms with van der Waals surface area (Å²) in [5, 5.41) is 12.3. The molecule has 0 atom stereocenters.